The van der Waals surface area contributed by atoms with Crippen molar-refractivity contribution in [2.75, 3.05) is 13.4 Å². The Morgan fingerprint density at radius 3 is 1.76 bits per heavy atom. The second kappa shape index (κ2) is 6.80. The third kappa shape index (κ3) is 4.72. The van der Waals surface area contributed by atoms with Gasteiger partial charge in [0.1, 0.15) is 5.75 Å². The molecule has 0 fully saturated rings. The molecule has 0 saturated carbocycles. The number of rotatable bonds is 5. The van der Waals surface area contributed by atoms with Gasteiger partial charge in [0, 0.05) is 17.7 Å². The number of aliphatic hydroxyl groups excluding tert-OH is 1. The molecule has 1 rings (SSSR count). The van der Waals surface area contributed by atoms with Gasteiger partial charge in [-0.15, -0.1) is 0 Å². The first kappa shape index (κ1) is 18.0. The molecule has 0 unspecified atom stereocenters. The van der Waals surface area contributed by atoms with E-state index in [-0.39, 0.29) is 24.2 Å². The van der Waals surface area contributed by atoms with Gasteiger partial charge in [0.05, 0.1) is 6.61 Å². The van der Waals surface area contributed by atoms with E-state index in [0.29, 0.717) is 6.61 Å². The van der Waals surface area contributed by atoms with E-state index < -0.39 is 0 Å². The van der Waals surface area contributed by atoms with Crippen LogP contribution in [-0.2, 0) is 22.2 Å². The molecule has 0 amide bonds. The maximum Gasteiger partial charge on any atom is 0.189 e. The molecule has 0 heterocycles. The van der Waals surface area contributed by atoms with E-state index in [2.05, 4.69) is 41.5 Å². The van der Waals surface area contributed by atoms with E-state index in [1.807, 2.05) is 19.1 Å². The van der Waals surface area contributed by atoms with Crippen LogP contribution in [0, 0.1) is 0 Å². The van der Waals surface area contributed by atoms with E-state index >= 15 is 0 Å². The van der Waals surface area contributed by atoms with Gasteiger partial charge in [-0.2, -0.15) is 0 Å². The molecule has 21 heavy (non-hydrogen) atoms. The van der Waals surface area contributed by atoms with Gasteiger partial charge in [-0.1, -0.05) is 41.5 Å². The average molecular weight is 294 g/mol. The highest BCUT2D eigenvalue weighted by atomic mass is 16.7. The maximum absolute atomic E-state index is 9.56. The first-order chi connectivity index (χ1) is 9.61. The van der Waals surface area contributed by atoms with Crippen LogP contribution in [0.1, 0.15) is 65.2 Å². The number of hydrogen-bond acceptors (Lipinski definition) is 3. The minimum Gasteiger partial charge on any atom is -0.467 e. The lowest BCUT2D eigenvalue weighted by molar-refractivity contribution is 0.0202. The zero-order valence-electron chi connectivity index (χ0n) is 14.5. The summed E-state index contributed by atoms with van der Waals surface area (Å²) in [5, 5.41) is 9.56. The fourth-order valence-corrected chi connectivity index (χ4v) is 2.23. The predicted molar refractivity (Wildman–Crippen MR) is 86.9 cm³/mol. The average Bonchev–Trinajstić information content (AvgIpc) is 2.36. The van der Waals surface area contributed by atoms with Gasteiger partial charge in [-0.25, -0.2) is 0 Å². The summed E-state index contributed by atoms with van der Waals surface area (Å²) in [4.78, 5) is 0. The van der Waals surface area contributed by atoms with E-state index in [1.54, 1.807) is 0 Å². The van der Waals surface area contributed by atoms with Gasteiger partial charge in [0.25, 0.3) is 0 Å². The van der Waals surface area contributed by atoms with Crippen LogP contribution in [0.3, 0.4) is 0 Å². The summed E-state index contributed by atoms with van der Waals surface area (Å²) in [7, 11) is 0. The van der Waals surface area contributed by atoms with Gasteiger partial charge in [0.15, 0.2) is 6.79 Å². The summed E-state index contributed by atoms with van der Waals surface area (Å²) in [6.45, 7) is 15.8. The van der Waals surface area contributed by atoms with Crippen LogP contribution in [0.2, 0.25) is 0 Å². The van der Waals surface area contributed by atoms with Crippen LogP contribution in [0.25, 0.3) is 0 Å². The normalized spacial score (nSPS) is 12.6. The highest BCUT2D eigenvalue weighted by molar-refractivity contribution is 5.50. The molecule has 0 atom stereocenters. The summed E-state index contributed by atoms with van der Waals surface area (Å²) in [6, 6.07) is 4.08. The second-order valence-electron chi connectivity index (χ2n) is 7.43. The highest BCUT2D eigenvalue weighted by Crippen LogP contribution is 2.40. The van der Waals surface area contributed by atoms with Crippen LogP contribution in [0.4, 0.5) is 0 Å². The highest BCUT2D eigenvalue weighted by Gasteiger charge is 2.27. The fraction of sp³-hybridized carbons (Fsp3) is 0.667. The SMILES string of the molecule is CCOCOc1c(C(C)(C)C)cc(CO)cc1C(C)(C)C. The maximum atomic E-state index is 9.56. The molecule has 0 spiro atoms. The van der Waals surface area contributed by atoms with Gasteiger partial charge >= 0.3 is 0 Å². The molecule has 120 valence electrons. The van der Waals surface area contributed by atoms with Crippen LogP contribution in [0.5, 0.6) is 5.75 Å². The topological polar surface area (TPSA) is 38.7 Å². The van der Waals surface area contributed by atoms with Crippen molar-refractivity contribution in [3.8, 4) is 5.75 Å². The van der Waals surface area contributed by atoms with Crippen molar-refractivity contribution in [2.24, 2.45) is 0 Å². The minimum absolute atomic E-state index is 0.0396. The molecule has 0 bridgehead atoms. The molecule has 1 aromatic rings. The number of ether oxygens (including phenoxy) is 2. The van der Waals surface area contributed by atoms with Crippen molar-refractivity contribution >= 4 is 0 Å². The molecule has 3 heteroatoms. The summed E-state index contributed by atoms with van der Waals surface area (Å²) < 4.78 is 11.3. The molecule has 0 saturated heterocycles. The first-order valence-electron chi connectivity index (χ1n) is 7.60. The fourth-order valence-electron chi connectivity index (χ4n) is 2.23. The van der Waals surface area contributed by atoms with Crippen LogP contribution < -0.4 is 4.74 Å². The third-order valence-corrected chi connectivity index (χ3v) is 3.44. The molecular weight excluding hydrogens is 264 g/mol. The van der Waals surface area contributed by atoms with Crippen molar-refractivity contribution in [1.29, 1.82) is 0 Å². The molecule has 1 N–H and O–H groups in total. The summed E-state index contributed by atoms with van der Waals surface area (Å²) in [6.07, 6.45) is 0. The lowest BCUT2D eigenvalue weighted by Crippen LogP contribution is -2.21. The number of benzene rings is 1. The lowest BCUT2D eigenvalue weighted by atomic mass is 9.78. The van der Waals surface area contributed by atoms with Gasteiger partial charge in [-0.3, -0.25) is 0 Å². The molecule has 3 nitrogen and oxygen atoms in total. The van der Waals surface area contributed by atoms with Crippen molar-refractivity contribution < 1.29 is 14.6 Å². The Balaban J connectivity index is 3.44. The Hall–Kier alpha value is -1.06. The number of hydrogen-bond donors (Lipinski definition) is 1. The molecule has 0 aliphatic heterocycles. The zero-order chi connectivity index (χ0) is 16.3. The van der Waals surface area contributed by atoms with E-state index in [4.69, 9.17) is 9.47 Å². The molecule has 0 radical (unpaired) electrons. The van der Waals surface area contributed by atoms with E-state index in [1.165, 1.54) is 0 Å². The Labute approximate surface area is 129 Å². The summed E-state index contributed by atoms with van der Waals surface area (Å²) in [5.74, 6) is 0.889. The minimum atomic E-state index is -0.0628. The summed E-state index contributed by atoms with van der Waals surface area (Å²) >= 11 is 0. The van der Waals surface area contributed by atoms with Crippen molar-refractivity contribution in [3.05, 3.63) is 28.8 Å². The van der Waals surface area contributed by atoms with Gasteiger partial charge < -0.3 is 14.6 Å². The Bertz CT molecular complexity index is 429. The van der Waals surface area contributed by atoms with Crippen LogP contribution in [-0.4, -0.2) is 18.5 Å². The van der Waals surface area contributed by atoms with Crippen molar-refractivity contribution in [2.45, 2.75) is 65.9 Å². The van der Waals surface area contributed by atoms with E-state index in [9.17, 15) is 5.11 Å². The lowest BCUT2D eigenvalue weighted by Gasteiger charge is -2.30. The quantitative estimate of drug-likeness (QED) is 0.655. The largest absolute Gasteiger partial charge is 0.467 e. The van der Waals surface area contributed by atoms with Gasteiger partial charge in [0.2, 0.25) is 0 Å². The Kier molecular flexibility index (Phi) is 5.83. The van der Waals surface area contributed by atoms with Gasteiger partial charge in [-0.05, 0) is 35.4 Å². The van der Waals surface area contributed by atoms with Crippen molar-refractivity contribution in [1.82, 2.24) is 0 Å². The Morgan fingerprint density at radius 1 is 0.952 bits per heavy atom. The monoisotopic (exact) mass is 294 g/mol. The third-order valence-electron chi connectivity index (χ3n) is 3.44. The molecule has 0 aliphatic carbocycles. The smallest absolute Gasteiger partial charge is 0.189 e. The first-order valence-corrected chi connectivity index (χ1v) is 7.60. The number of aliphatic hydroxyl groups is 1. The standard InChI is InChI=1S/C18H30O3/c1-8-20-12-21-16-14(17(2,3)4)9-13(11-19)10-15(16)18(5,6)7/h9-10,19H,8,11-12H2,1-7H3. The predicted octanol–water partition coefficient (Wildman–Crippen LogP) is 4.15. The van der Waals surface area contributed by atoms with Crippen molar-refractivity contribution in [3.63, 3.8) is 0 Å². The zero-order valence-corrected chi connectivity index (χ0v) is 14.5. The molecule has 0 aromatic heterocycles. The Morgan fingerprint density at radius 2 is 1.43 bits per heavy atom. The molecule has 0 aliphatic rings. The molecular formula is C18H30O3. The summed E-state index contributed by atoms with van der Waals surface area (Å²) in [5.41, 5.74) is 3.02. The van der Waals surface area contributed by atoms with E-state index in [0.717, 1.165) is 22.4 Å². The molecule has 1 aromatic carbocycles. The van der Waals surface area contributed by atoms with Crippen LogP contribution >= 0.6 is 0 Å². The second-order valence-corrected chi connectivity index (χ2v) is 7.43. The van der Waals surface area contributed by atoms with Crippen LogP contribution in [0.15, 0.2) is 12.1 Å².